The minimum absolute atomic E-state index is 0.0636. The first-order valence-corrected chi connectivity index (χ1v) is 8.41. The SMILES string of the molecule is CCCC(C)(C)OC(=O)NC12CC3CC(CC(C3)C1)C2. The van der Waals surface area contributed by atoms with Crippen molar-refractivity contribution in [2.45, 2.75) is 83.3 Å². The molecule has 0 atom stereocenters. The van der Waals surface area contributed by atoms with E-state index in [2.05, 4.69) is 12.2 Å². The van der Waals surface area contributed by atoms with Gasteiger partial charge in [0.25, 0.3) is 0 Å². The highest BCUT2D eigenvalue weighted by atomic mass is 16.6. The second kappa shape index (κ2) is 4.92. The molecule has 4 fully saturated rings. The molecule has 0 unspecified atom stereocenters. The van der Waals surface area contributed by atoms with Crippen LogP contribution in [-0.2, 0) is 4.74 Å². The number of alkyl carbamates (subject to hydrolysis) is 1. The maximum Gasteiger partial charge on any atom is 0.408 e. The molecule has 20 heavy (non-hydrogen) atoms. The number of amides is 1. The fourth-order valence-electron chi connectivity index (χ4n) is 5.41. The van der Waals surface area contributed by atoms with E-state index in [-0.39, 0.29) is 17.2 Å². The fourth-order valence-corrected chi connectivity index (χ4v) is 5.41. The summed E-state index contributed by atoms with van der Waals surface area (Å²) in [6, 6.07) is 0. The molecular weight excluding hydrogens is 250 g/mol. The van der Waals surface area contributed by atoms with Crippen molar-refractivity contribution in [2.75, 3.05) is 0 Å². The zero-order valence-electron chi connectivity index (χ0n) is 13.2. The van der Waals surface area contributed by atoms with Crippen molar-refractivity contribution in [1.29, 1.82) is 0 Å². The van der Waals surface area contributed by atoms with E-state index in [0.29, 0.717) is 0 Å². The average Bonchev–Trinajstić information content (AvgIpc) is 2.23. The third kappa shape index (κ3) is 2.82. The van der Waals surface area contributed by atoms with Crippen LogP contribution in [0.25, 0.3) is 0 Å². The number of carbonyl (C=O) groups is 1. The molecule has 4 saturated carbocycles. The Hall–Kier alpha value is -0.730. The van der Waals surface area contributed by atoms with Gasteiger partial charge in [-0.05, 0) is 76.5 Å². The van der Waals surface area contributed by atoms with E-state index in [0.717, 1.165) is 30.6 Å². The summed E-state index contributed by atoms with van der Waals surface area (Å²) in [6.07, 6.45) is 9.52. The Kier molecular flexibility index (Phi) is 3.50. The normalized spacial score (nSPS) is 38.9. The van der Waals surface area contributed by atoms with Crippen molar-refractivity contribution in [3.8, 4) is 0 Å². The lowest BCUT2D eigenvalue weighted by Gasteiger charge is -2.56. The highest BCUT2D eigenvalue weighted by Gasteiger charge is 2.51. The van der Waals surface area contributed by atoms with Gasteiger partial charge in [0.1, 0.15) is 5.60 Å². The summed E-state index contributed by atoms with van der Waals surface area (Å²) in [6.45, 7) is 6.15. The predicted molar refractivity (Wildman–Crippen MR) is 79.5 cm³/mol. The largest absolute Gasteiger partial charge is 0.444 e. The standard InChI is InChI=1S/C17H29NO2/c1-4-5-16(2,3)20-15(19)18-17-9-12-6-13(10-17)8-14(7-12)11-17/h12-14H,4-11H2,1-3H3,(H,18,19). The van der Waals surface area contributed by atoms with Gasteiger partial charge in [-0.3, -0.25) is 0 Å². The Morgan fingerprint density at radius 2 is 1.65 bits per heavy atom. The molecule has 0 aromatic carbocycles. The lowest BCUT2D eigenvalue weighted by Crippen LogP contribution is -2.60. The fraction of sp³-hybridized carbons (Fsp3) is 0.941. The molecule has 0 aromatic heterocycles. The lowest BCUT2D eigenvalue weighted by atomic mass is 9.53. The molecule has 4 bridgehead atoms. The molecule has 114 valence electrons. The van der Waals surface area contributed by atoms with E-state index in [1.165, 1.54) is 38.5 Å². The van der Waals surface area contributed by atoms with E-state index in [9.17, 15) is 4.79 Å². The minimum Gasteiger partial charge on any atom is -0.444 e. The van der Waals surface area contributed by atoms with Crippen LogP contribution in [0, 0.1) is 17.8 Å². The van der Waals surface area contributed by atoms with Crippen LogP contribution in [0.2, 0.25) is 0 Å². The number of hydrogen-bond donors (Lipinski definition) is 1. The molecule has 0 heterocycles. The molecule has 0 saturated heterocycles. The van der Waals surface area contributed by atoms with Gasteiger partial charge in [-0.25, -0.2) is 4.79 Å². The van der Waals surface area contributed by atoms with Crippen molar-refractivity contribution in [3.05, 3.63) is 0 Å². The van der Waals surface area contributed by atoms with Crippen molar-refractivity contribution in [2.24, 2.45) is 17.8 Å². The van der Waals surface area contributed by atoms with Gasteiger partial charge in [0.05, 0.1) is 0 Å². The second-order valence-corrected chi connectivity index (χ2v) is 8.22. The van der Waals surface area contributed by atoms with Crippen LogP contribution >= 0.6 is 0 Å². The van der Waals surface area contributed by atoms with E-state index >= 15 is 0 Å². The minimum atomic E-state index is -0.346. The summed E-state index contributed by atoms with van der Waals surface area (Å²) in [7, 11) is 0. The highest BCUT2D eigenvalue weighted by Crippen LogP contribution is 2.55. The molecule has 3 heteroatoms. The maximum atomic E-state index is 12.3. The second-order valence-electron chi connectivity index (χ2n) is 8.22. The molecule has 4 aliphatic rings. The Morgan fingerprint density at radius 3 is 2.10 bits per heavy atom. The molecule has 1 amide bonds. The summed E-state index contributed by atoms with van der Waals surface area (Å²) in [5, 5.41) is 3.28. The Bertz CT molecular complexity index is 353. The molecule has 0 radical (unpaired) electrons. The number of hydrogen-bond acceptors (Lipinski definition) is 2. The van der Waals surface area contributed by atoms with Crippen LogP contribution < -0.4 is 5.32 Å². The van der Waals surface area contributed by atoms with Crippen LogP contribution in [-0.4, -0.2) is 17.2 Å². The molecule has 4 rings (SSSR count). The van der Waals surface area contributed by atoms with Crippen molar-refractivity contribution >= 4 is 6.09 Å². The van der Waals surface area contributed by atoms with Gasteiger partial charge < -0.3 is 10.1 Å². The van der Waals surface area contributed by atoms with E-state index < -0.39 is 0 Å². The topological polar surface area (TPSA) is 38.3 Å². The first kappa shape index (κ1) is 14.2. The zero-order chi connectivity index (χ0) is 14.4. The first-order chi connectivity index (χ1) is 9.40. The van der Waals surface area contributed by atoms with Gasteiger partial charge in [-0.15, -0.1) is 0 Å². The zero-order valence-corrected chi connectivity index (χ0v) is 13.2. The molecule has 0 aromatic rings. The van der Waals surface area contributed by atoms with Gasteiger partial charge >= 0.3 is 6.09 Å². The average molecular weight is 279 g/mol. The van der Waals surface area contributed by atoms with Gasteiger partial charge in [0, 0.05) is 5.54 Å². The van der Waals surface area contributed by atoms with Crippen LogP contribution in [0.15, 0.2) is 0 Å². The third-order valence-corrected chi connectivity index (χ3v) is 5.63. The smallest absolute Gasteiger partial charge is 0.408 e. The number of rotatable bonds is 4. The number of nitrogens with one attached hydrogen (secondary N) is 1. The number of carbonyl (C=O) groups excluding carboxylic acids is 1. The van der Waals surface area contributed by atoms with E-state index in [1.807, 2.05) is 13.8 Å². The summed E-state index contributed by atoms with van der Waals surface area (Å²) in [4.78, 5) is 12.3. The highest BCUT2D eigenvalue weighted by molar-refractivity contribution is 5.69. The quantitative estimate of drug-likeness (QED) is 0.835. The van der Waals surface area contributed by atoms with Gasteiger partial charge in [0.2, 0.25) is 0 Å². The molecule has 0 spiro atoms. The summed E-state index contributed by atoms with van der Waals surface area (Å²) < 4.78 is 5.67. The monoisotopic (exact) mass is 279 g/mol. The summed E-state index contributed by atoms with van der Waals surface area (Å²) >= 11 is 0. The Morgan fingerprint density at radius 1 is 1.15 bits per heavy atom. The van der Waals surface area contributed by atoms with E-state index in [1.54, 1.807) is 0 Å². The van der Waals surface area contributed by atoms with Crippen LogP contribution in [0.3, 0.4) is 0 Å². The van der Waals surface area contributed by atoms with Crippen LogP contribution in [0.4, 0.5) is 4.79 Å². The first-order valence-electron chi connectivity index (χ1n) is 8.41. The predicted octanol–water partition coefficient (Wildman–Crippen LogP) is 4.26. The molecular formula is C17H29NO2. The van der Waals surface area contributed by atoms with Gasteiger partial charge in [0.15, 0.2) is 0 Å². The lowest BCUT2D eigenvalue weighted by molar-refractivity contribution is -0.0298. The Labute approximate surface area is 122 Å². The Balaban J connectivity index is 1.61. The van der Waals surface area contributed by atoms with Crippen LogP contribution in [0.5, 0.6) is 0 Å². The maximum absolute atomic E-state index is 12.3. The van der Waals surface area contributed by atoms with Crippen LogP contribution in [0.1, 0.15) is 72.1 Å². The third-order valence-electron chi connectivity index (χ3n) is 5.63. The van der Waals surface area contributed by atoms with Crippen molar-refractivity contribution in [1.82, 2.24) is 5.32 Å². The van der Waals surface area contributed by atoms with Gasteiger partial charge in [-0.2, -0.15) is 0 Å². The van der Waals surface area contributed by atoms with Crippen molar-refractivity contribution in [3.63, 3.8) is 0 Å². The van der Waals surface area contributed by atoms with Crippen molar-refractivity contribution < 1.29 is 9.53 Å². The molecule has 0 aliphatic heterocycles. The summed E-state index contributed by atoms with van der Waals surface area (Å²) in [5.41, 5.74) is -0.282. The molecule has 4 aliphatic carbocycles. The molecule has 1 N–H and O–H groups in total. The summed E-state index contributed by atoms with van der Waals surface area (Å²) in [5.74, 6) is 2.56. The molecule has 3 nitrogen and oxygen atoms in total. The number of ether oxygens (including phenoxy) is 1. The van der Waals surface area contributed by atoms with Gasteiger partial charge in [-0.1, -0.05) is 13.3 Å². The van der Waals surface area contributed by atoms with E-state index in [4.69, 9.17) is 4.74 Å².